The normalized spacial score (nSPS) is 11.1. The first-order valence-electron chi connectivity index (χ1n) is 8.34. The molecule has 0 atom stereocenters. The molecule has 1 amide bonds. The first kappa shape index (κ1) is 17.5. The maximum atomic E-state index is 13.3. The maximum absolute atomic E-state index is 13.3. The summed E-state index contributed by atoms with van der Waals surface area (Å²) in [5.74, 6) is -0.734. The average molecular weight is 359 g/mol. The molecule has 1 N–H and O–H groups in total. The molecule has 5 heteroatoms. The van der Waals surface area contributed by atoms with Gasteiger partial charge in [-0.1, -0.05) is 24.6 Å². The molecule has 1 heterocycles. The molecular formula is C20H20ClFN2O. The molecule has 1 aromatic heterocycles. The quantitative estimate of drug-likeness (QED) is 0.649. The van der Waals surface area contributed by atoms with Gasteiger partial charge in [0.15, 0.2) is 0 Å². The fraction of sp³-hybridized carbons (Fsp3) is 0.250. The summed E-state index contributed by atoms with van der Waals surface area (Å²) in [7, 11) is 0. The molecule has 0 spiro atoms. The van der Waals surface area contributed by atoms with E-state index in [9.17, 15) is 9.18 Å². The van der Waals surface area contributed by atoms with Gasteiger partial charge in [0.05, 0.1) is 5.02 Å². The number of anilines is 1. The van der Waals surface area contributed by atoms with Crippen LogP contribution in [0, 0.1) is 12.7 Å². The molecule has 2 aromatic carbocycles. The third kappa shape index (κ3) is 3.14. The van der Waals surface area contributed by atoms with Crippen molar-refractivity contribution >= 4 is 34.1 Å². The van der Waals surface area contributed by atoms with Crippen molar-refractivity contribution in [1.82, 2.24) is 4.57 Å². The van der Waals surface area contributed by atoms with Gasteiger partial charge in [0.2, 0.25) is 0 Å². The second kappa shape index (κ2) is 6.89. The van der Waals surface area contributed by atoms with Crippen LogP contribution in [-0.4, -0.2) is 10.5 Å². The van der Waals surface area contributed by atoms with Gasteiger partial charge in [-0.2, -0.15) is 0 Å². The van der Waals surface area contributed by atoms with Crippen LogP contribution in [0.1, 0.15) is 35.5 Å². The van der Waals surface area contributed by atoms with Crippen molar-refractivity contribution in [2.45, 2.75) is 33.7 Å². The second-order valence-corrected chi connectivity index (χ2v) is 6.41. The van der Waals surface area contributed by atoms with Gasteiger partial charge in [-0.15, -0.1) is 0 Å². The lowest BCUT2D eigenvalue weighted by Gasteiger charge is -2.10. The van der Waals surface area contributed by atoms with Crippen LogP contribution in [0.25, 0.3) is 10.9 Å². The molecule has 0 saturated heterocycles. The summed E-state index contributed by atoms with van der Waals surface area (Å²) in [5.41, 5.74) is 4.31. The van der Waals surface area contributed by atoms with Crippen molar-refractivity contribution < 1.29 is 9.18 Å². The van der Waals surface area contributed by atoms with Crippen LogP contribution in [0.2, 0.25) is 5.02 Å². The molecule has 0 aliphatic carbocycles. The largest absolute Gasteiger partial charge is 0.337 e. The number of amides is 1. The minimum Gasteiger partial charge on any atom is -0.337 e. The molecule has 3 aromatic rings. The number of carbonyl (C=O) groups is 1. The summed E-state index contributed by atoms with van der Waals surface area (Å²) < 4.78 is 15.3. The highest BCUT2D eigenvalue weighted by molar-refractivity contribution is 6.31. The molecular weight excluding hydrogens is 339 g/mol. The van der Waals surface area contributed by atoms with Crippen LogP contribution >= 0.6 is 11.6 Å². The fourth-order valence-electron chi connectivity index (χ4n) is 3.17. The number of halogens is 2. The lowest BCUT2D eigenvalue weighted by Crippen LogP contribution is -2.17. The SMILES string of the molecule is CCc1ccc2c(c1)c(C)c(C(=O)Nc1ccc(F)c(Cl)c1)n2CC. The number of aromatic nitrogens is 1. The Morgan fingerprint density at radius 3 is 2.60 bits per heavy atom. The van der Waals surface area contributed by atoms with Crippen molar-refractivity contribution in [3.05, 3.63) is 64.1 Å². The van der Waals surface area contributed by atoms with Crippen molar-refractivity contribution in [1.29, 1.82) is 0 Å². The third-order valence-corrected chi connectivity index (χ3v) is 4.79. The van der Waals surface area contributed by atoms with Gasteiger partial charge in [-0.25, -0.2) is 4.39 Å². The highest BCUT2D eigenvalue weighted by Crippen LogP contribution is 2.28. The van der Waals surface area contributed by atoms with Gasteiger partial charge in [0, 0.05) is 23.1 Å². The zero-order valence-corrected chi connectivity index (χ0v) is 15.2. The molecule has 25 heavy (non-hydrogen) atoms. The highest BCUT2D eigenvalue weighted by atomic mass is 35.5. The Morgan fingerprint density at radius 1 is 1.20 bits per heavy atom. The number of nitrogens with one attached hydrogen (secondary N) is 1. The summed E-state index contributed by atoms with van der Waals surface area (Å²) in [5, 5.41) is 3.89. The minimum absolute atomic E-state index is 0.0156. The number of fused-ring (bicyclic) bond motifs is 1. The Hall–Kier alpha value is -2.33. The fourth-order valence-corrected chi connectivity index (χ4v) is 3.36. The second-order valence-electron chi connectivity index (χ2n) is 6.01. The Morgan fingerprint density at radius 2 is 1.96 bits per heavy atom. The lowest BCUT2D eigenvalue weighted by atomic mass is 10.1. The zero-order chi connectivity index (χ0) is 18.1. The predicted octanol–water partition coefficient (Wildman–Crippen LogP) is 5.58. The Labute approximate surface area is 151 Å². The Bertz CT molecular complexity index is 962. The molecule has 0 unspecified atom stereocenters. The molecule has 130 valence electrons. The number of rotatable bonds is 4. The van der Waals surface area contributed by atoms with E-state index in [1.165, 1.54) is 23.8 Å². The van der Waals surface area contributed by atoms with Crippen LogP contribution in [0.5, 0.6) is 0 Å². The average Bonchev–Trinajstić information content (AvgIpc) is 2.89. The molecule has 0 radical (unpaired) electrons. The van der Waals surface area contributed by atoms with Crippen LogP contribution in [0.4, 0.5) is 10.1 Å². The number of nitrogens with zero attached hydrogens (tertiary/aromatic N) is 1. The van der Waals surface area contributed by atoms with E-state index in [2.05, 4.69) is 30.4 Å². The molecule has 0 fully saturated rings. The van der Waals surface area contributed by atoms with E-state index in [1.54, 1.807) is 0 Å². The van der Waals surface area contributed by atoms with Gasteiger partial charge in [0.25, 0.3) is 5.91 Å². The number of aryl methyl sites for hydroxylation is 3. The summed E-state index contributed by atoms with van der Waals surface area (Å²) in [4.78, 5) is 12.9. The molecule has 0 saturated carbocycles. The Kier molecular flexibility index (Phi) is 4.82. The van der Waals surface area contributed by atoms with Crippen LogP contribution in [0.15, 0.2) is 36.4 Å². The van der Waals surface area contributed by atoms with E-state index in [0.29, 0.717) is 17.9 Å². The number of hydrogen-bond donors (Lipinski definition) is 1. The monoisotopic (exact) mass is 358 g/mol. The molecule has 3 rings (SSSR count). The first-order valence-corrected chi connectivity index (χ1v) is 8.72. The predicted molar refractivity (Wildman–Crippen MR) is 101 cm³/mol. The first-order chi connectivity index (χ1) is 12.0. The van der Waals surface area contributed by atoms with Crippen LogP contribution in [0.3, 0.4) is 0 Å². The van der Waals surface area contributed by atoms with Crippen molar-refractivity contribution in [2.24, 2.45) is 0 Å². The molecule has 0 aliphatic rings. The van der Waals surface area contributed by atoms with Gasteiger partial charge in [0.1, 0.15) is 11.5 Å². The van der Waals surface area contributed by atoms with E-state index in [-0.39, 0.29) is 10.9 Å². The van der Waals surface area contributed by atoms with Gasteiger partial charge < -0.3 is 9.88 Å². The summed E-state index contributed by atoms with van der Waals surface area (Å²) in [6.45, 7) is 6.76. The van der Waals surface area contributed by atoms with Gasteiger partial charge in [-0.05, 0) is 61.7 Å². The molecule has 0 bridgehead atoms. The highest BCUT2D eigenvalue weighted by Gasteiger charge is 2.20. The third-order valence-electron chi connectivity index (χ3n) is 4.50. The number of benzene rings is 2. The van der Waals surface area contributed by atoms with E-state index in [0.717, 1.165) is 22.9 Å². The van der Waals surface area contributed by atoms with E-state index >= 15 is 0 Å². The van der Waals surface area contributed by atoms with E-state index < -0.39 is 5.82 Å². The van der Waals surface area contributed by atoms with Crippen molar-refractivity contribution in [3.63, 3.8) is 0 Å². The summed E-state index contributed by atoms with van der Waals surface area (Å²) in [6, 6.07) is 10.5. The van der Waals surface area contributed by atoms with Crippen LogP contribution < -0.4 is 5.32 Å². The smallest absolute Gasteiger partial charge is 0.272 e. The van der Waals surface area contributed by atoms with E-state index in [4.69, 9.17) is 11.6 Å². The zero-order valence-electron chi connectivity index (χ0n) is 14.5. The molecule has 0 aliphatic heterocycles. The van der Waals surface area contributed by atoms with Crippen molar-refractivity contribution in [2.75, 3.05) is 5.32 Å². The lowest BCUT2D eigenvalue weighted by molar-refractivity contribution is 0.101. The number of carbonyl (C=O) groups excluding carboxylic acids is 1. The topological polar surface area (TPSA) is 34.0 Å². The summed E-state index contributed by atoms with van der Waals surface area (Å²) in [6.07, 6.45) is 0.947. The van der Waals surface area contributed by atoms with Crippen molar-refractivity contribution in [3.8, 4) is 0 Å². The summed E-state index contributed by atoms with van der Waals surface area (Å²) >= 11 is 5.80. The maximum Gasteiger partial charge on any atom is 0.272 e. The van der Waals surface area contributed by atoms with Gasteiger partial charge >= 0.3 is 0 Å². The standard InChI is InChI=1S/C20H20ClFN2O/c1-4-13-6-9-18-15(10-13)12(3)19(24(18)5-2)20(25)23-14-7-8-17(22)16(21)11-14/h6-11H,4-5H2,1-3H3,(H,23,25). The number of hydrogen-bond acceptors (Lipinski definition) is 1. The molecule has 3 nitrogen and oxygen atoms in total. The van der Waals surface area contributed by atoms with Gasteiger partial charge in [-0.3, -0.25) is 4.79 Å². The van der Waals surface area contributed by atoms with E-state index in [1.807, 2.05) is 18.4 Å². The Balaban J connectivity index is 2.05. The van der Waals surface area contributed by atoms with Crippen LogP contribution in [-0.2, 0) is 13.0 Å². The minimum atomic E-state index is -0.509.